The van der Waals surface area contributed by atoms with Crippen LogP contribution in [0.25, 0.3) is 0 Å². The summed E-state index contributed by atoms with van der Waals surface area (Å²) < 4.78 is 0. The summed E-state index contributed by atoms with van der Waals surface area (Å²) in [5.74, 6) is 0.869. The van der Waals surface area contributed by atoms with Crippen molar-refractivity contribution in [2.45, 2.75) is 51.9 Å². The minimum absolute atomic E-state index is 0.107. The lowest BCUT2D eigenvalue weighted by atomic mass is 10.0. The predicted octanol–water partition coefficient (Wildman–Crippen LogP) is 3.74. The van der Waals surface area contributed by atoms with E-state index in [1.54, 1.807) is 0 Å². The fourth-order valence-electron chi connectivity index (χ4n) is 2.85. The van der Waals surface area contributed by atoms with Crippen LogP contribution < -0.4 is 11.1 Å². The van der Waals surface area contributed by atoms with E-state index in [1.807, 2.05) is 18.2 Å². The van der Waals surface area contributed by atoms with Gasteiger partial charge >= 0.3 is 0 Å². The van der Waals surface area contributed by atoms with Crippen molar-refractivity contribution in [2.75, 3.05) is 11.1 Å². The molecule has 0 saturated heterocycles. The van der Waals surface area contributed by atoms with E-state index in [1.165, 1.54) is 25.7 Å². The van der Waals surface area contributed by atoms with Crippen LogP contribution in [0.1, 0.15) is 51.0 Å². The number of anilines is 2. The van der Waals surface area contributed by atoms with E-state index in [2.05, 4.69) is 12.2 Å². The van der Waals surface area contributed by atoms with Crippen molar-refractivity contribution in [3.8, 4) is 0 Å². The summed E-state index contributed by atoms with van der Waals surface area (Å²) in [6, 6.07) is 5.77. The zero-order valence-corrected chi connectivity index (χ0v) is 11.7. The second-order valence-electron chi connectivity index (χ2n) is 5.50. The molecule has 1 saturated carbocycles. The molecular formula is C16H24N2O. The van der Waals surface area contributed by atoms with Crippen molar-refractivity contribution in [1.82, 2.24) is 0 Å². The van der Waals surface area contributed by atoms with E-state index in [-0.39, 0.29) is 5.91 Å². The molecule has 0 aliphatic heterocycles. The third kappa shape index (κ3) is 3.98. The van der Waals surface area contributed by atoms with E-state index in [0.717, 1.165) is 35.7 Å². The first-order valence-corrected chi connectivity index (χ1v) is 7.37. The van der Waals surface area contributed by atoms with Crippen LogP contribution in [-0.4, -0.2) is 5.91 Å². The van der Waals surface area contributed by atoms with Gasteiger partial charge in [0.1, 0.15) is 0 Å². The number of nitrogens with one attached hydrogen (secondary N) is 1. The van der Waals surface area contributed by atoms with Crippen molar-refractivity contribution < 1.29 is 4.79 Å². The Morgan fingerprint density at radius 3 is 2.74 bits per heavy atom. The average Bonchev–Trinajstić information content (AvgIpc) is 2.90. The highest BCUT2D eigenvalue weighted by Gasteiger charge is 2.16. The van der Waals surface area contributed by atoms with Crippen LogP contribution in [-0.2, 0) is 11.2 Å². The highest BCUT2D eigenvalue weighted by molar-refractivity contribution is 5.91. The summed E-state index contributed by atoms with van der Waals surface area (Å²) in [6.45, 7) is 2.07. The number of aryl methyl sites for hydroxylation is 1. The molecule has 1 aromatic rings. The van der Waals surface area contributed by atoms with Gasteiger partial charge in [-0.15, -0.1) is 0 Å². The Bertz CT molecular complexity index is 436. The van der Waals surface area contributed by atoms with Gasteiger partial charge in [0, 0.05) is 17.8 Å². The van der Waals surface area contributed by atoms with Crippen LogP contribution in [0, 0.1) is 5.92 Å². The van der Waals surface area contributed by atoms with Gasteiger partial charge in [-0.3, -0.25) is 4.79 Å². The molecule has 0 unspecified atom stereocenters. The number of rotatable bonds is 5. The lowest BCUT2D eigenvalue weighted by Gasteiger charge is -2.10. The second kappa shape index (κ2) is 6.60. The summed E-state index contributed by atoms with van der Waals surface area (Å²) in [5, 5.41) is 2.94. The number of carbonyl (C=O) groups is 1. The van der Waals surface area contributed by atoms with Gasteiger partial charge in [-0.05, 0) is 36.5 Å². The molecule has 3 N–H and O–H groups in total. The first-order valence-electron chi connectivity index (χ1n) is 7.37. The first-order chi connectivity index (χ1) is 9.19. The number of nitrogens with two attached hydrogens (primary N) is 1. The predicted molar refractivity (Wildman–Crippen MR) is 80.1 cm³/mol. The molecular weight excluding hydrogens is 236 g/mol. The van der Waals surface area contributed by atoms with E-state index in [9.17, 15) is 4.79 Å². The number of benzene rings is 1. The maximum absolute atomic E-state index is 11.9. The van der Waals surface area contributed by atoms with E-state index in [4.69, 9.17) is 5.73 Å². The SMILES string of the molecule is CCc1ccc(NC(=O)CCC2CCCC2)cc1N. The molecule has 1 fully saturated rings. The van der Waals surface area contributed by atoms with Gasteiger partial charge in [0.05, 0.1) is 0 Å². The molecule has 1 amide bonds. The molecule has 0 bridgehead atoms. The Morgan fingerprint density at radius 2 is 2.11 bits per heavy atom. The minimum atomic E-state index is 0.107. The number of amides is 1. The van der Waals surface area contributed by atoms with Crippen LogP contribution in [0.15, 0.2) is 18.2 Å². The van der Waals surface area contributed by atoms with E-state index >= 15 is 0 Å². The molecule has 0 spiro atoms. The van der Waals surface area contributed by atoms with Gasteiger partial charge in [-0.25, -0.2) is 0 Å². The van der Waals surface area contributed by atoms with Crippen molar-refractivity contribution in [1.29, 1.82) is 0 Å². The topological polar surface area (TPSA) is 55.1 Å². The van der Waals surface area contributed by atoms with Crippen LogP contribution >= 0.6 is 0 Å². The number of nitrogen functional groups attached to an aromatic ring is 1. The second-order valence-corrected chi connectivity index (χ2v) is 5.50. The Balaban J connectivity index is 1.82. The fourth-order valence-corrected chi connectivity index (χ4v) is 2.85. The zero-order chi connectivity index (χ0) is 13.7. The molecule has 1 aromatic carbocycles. The molecule has 3 heteroatoms. The standard InChI is InChI=1S/C16H24N2O/c1-2-13-8-9-14(11-15(13)17)18-16(19)10-7-12-5-3-4-6-12/h8-9,11-12H,2-7,10,17H2,1H3,(H,18,19). The lowest BCUT2D eigenvalue weighted by Crippen LogP contribution is -2.13. The largest absolute Gasteiger partial charge is 0.398 e. The van der Waals surface area contributed by atoms with Gasteiger partial charge < -0.3 is 11.1 Å². The fraction of sp³-hybridized carbons (Fsp3) is 0.562. The van der Waals surface area contributed by atoms with E-state index in [0.29, 0.717) is 6.42 Å². The molecule has 0 heterocycles. The zero-order valence-electron chi connectivity index (χ0n) is 11.7. The van der Waals surface area contributed by atoms with Gasteiger partial charge in [0.2, 0.25) is 5.91 Å². The van der Waals surface area contributed by atoms with Crippen molar-refractivity contribution in [3.63, 3.8) is 0 Å². The highest BCUT2D eigenvalue weighted by Crippen LogP contribution is 2.28. The molecule has 0 aromatic heterocycles. The highest BCUT2D eigenvalue weighted by atomic mass is 16.1. The quantitative estimate of drug-likeness (QED) is 0.792. The Labute approximate surface area is 115 Å². The van der Waals surface area contributed by atoms with Crippen molar-refractivity contribution in [3.05, 3.63) is 23.8 Å². The van der Waals surface area contributed by atoms with Gasteiger partial charge in [0.25, 0.3) is 0 Å². The summed E-state index contributed by atoms with van der Waals surface area (Å²) in [5.41, 5.74) is 8.63. The Kier molecular flexibility index (Phi) is 4.83. The lowest BCUT2D eigenvalue weighted by molar-refractivity contribution is -0.116. The van der Waals surface area contributed by atoms with Crippen LogP contribution in [0.5, 0.6) is 0 Å². The summed E-state index contributed by atoms with van der Waals surface area (Å²) in [4.78, 5) is 11.9. The van der Waals surface area contributed by atoms with Crippen LogP contribution in [0.2, 0.25) is 0 Å². The molecule has 104 valence electrons. The van der Waals surface area contributed by atoms with Crippen LogP contribution in [0.3, 0.4) is 0 Å². The third-order valence-electron chi connectivity index (χ3n) is 4.06. The normalized spacial score (nSPS) is 15.6. The minimum Gasteiger partial charge on any atom is -0.398 e. The molecule has 0 radical (unpaired) electrons. The Morgan fingerprint density at radius 1 is 1.37 bits per heavy atom. The summed E-state index contributed by atoms with van der Waals surface area (Å²) in [7, 11) is 0. The Hall–Kier alpha value is -1.51. The van der Waals surface area contributed by atoms with Gasteiger partial charge in [-0.1, -0.05) is 38.7 Å². The monoisotopic (exact) mass is 260 g/mol. The van der Waals surface area contributed by atoms with Crippen molar-refractivity contribution >= 4 is 17.3 Å². The average molecular weight is 260 g/mol. The number of carbonyl (C=O) groups excluding carboxylic acids is 1. The van der Waals surface area contributed by atoms with Crippen molar-refractivity contribution in [2.24, 2.45) is 5.92 Å². The molecule has 19 heavy (non-hydrogen) atoms. The van der Waals surface area contributed by atoms with Gasteiger partial charge in [-0.2, -0.15) is 0 Å². The smallest absolute Gasteiger partial charge is 0.224 e. The molecule has 1 aliphatic carbocycles. The summed E-state index contributed by atoms with van der Waals surface area (Å²) >= 11 is 0. The molecule has 1 aliphatic rings. The maximum atomic E-state index is 11.9. The number of hydrogen-bond donors (Lipinski definition) is 2. The maximum Gasteiger partial charge on any atom is 0.224 e. The van der Waals surface area contributed by atoms with Crippen LogP contribution in [0.4, 0.5) is 11.4 Å². The number of hydrogen-bond acceptors (Lipinski definition) is 2. The van der Waals surface area contributed by atoms with E-state index < -0.39 is 0 Å². The third-order valence-corrected chi connectivity index (χ3v) is 4.06. The molecule has 0 atom stereocenters. The van der Waals surface area contributed by atoms with Gasteiger partial charge in [0.15, 0.2) is 0 Å². The summed E-state index contributed by atoms with van der Waals surface area (Å²) in [6.07, 6.45) is 7.83. The first kappa shape index (κ1) is 13.9. The molecule has 3 nitrogen and oxygen atoms in total. The molecule has 2 rings (SSSR count).